The van der Waals surface area contributed by atoms with Gasteiger partial charge >= 0.3 is 0 Å². The molecule has 0 amide bonds. The summed E-state index contributed by atoms with van der Waals surface area (Å²) in [5.41, 5.74) is 6.37. The first-order chi connectivity index (χ1) is 11.8. The number of carbonyl (C=O) groups excluding carboxylic acids is 1. The third-order valence-electron chi connectivity index (χ3n) is 5.73. The van der Waals surface area contributed by atoms with Crippen molar-refractivity contribution in [1.82, 2.24) is 0 Å². The van der Waals surface area contributed by atoms with E-state index in [9.17, 15) is 4.79 Å². The molecule has 0 atom stereocenters. The number of ketones is 1. The minimum absolute atomic E-state index is 0.196. The van der Waals surface area contributed by atoms with E-state index in [4.69, 9.17) is 0 Å². The van der Waals surface area contributed by atoms with Gasteiger partial charge in [-0.15, -0.1) is 0 Å². The Kier molecular flexibility index (Phi) is 3.15. The van der Waals surface area contributed by atoms with Crippen molar-refractivity contribution in [3.8, 4) is 11.1 Å². The molecule has 0 spiro atoms. The summed E-state index contributed by atoms with van der Waals surface area (Å²) in [5, 5.41) is 0. The maximum Gasteiger partial charge on any atom is 0.194 e. The molecule has 2 aliphatic heterocycles. The number of hydrogen-bond donors (Lipinski definition) is 0. The predicted octanol–water partition coefficient (Wildman–Crippen LogP) is 4.10. The SMILES string of the molecule is O=C1c2cc(N3CCCC3)ccc2-c2ccc(N3CCCC3)cc21. The first-order valence-electron chi connectivity index (χ1n) is 9.14. The summed E-state index contributed by atoms with van der Waals surface area (Å²) in [6.45, 7) is 4.44. The third kappa shape index (κ3) is 2.07. The molecule has 0 saturated carbocycles. The molecule has 0 aromatic heterocycles. The highest BCUT2D eigenvalue weighted by Crippen LogP contribution is 2.40. The highest BCUT2D eigenvalue weighted by Gasteiger charge is 2.29. The zero-order chi connectivity index (χ0) is 16.1. The van der Waals surface area contributed by atoms with Crippen LogP contribution in [-0.4, -0.2) is 32.0 Å². The fourth-order valence-corrected chi connectivity index (χ4v) is 4.40. The van der Waals surface area contributed by atoms with Crippen molar-refractivity contribution in [1.29, 1.82) is 0 Å². The second-order valence-corrected chi connectivity index (χ2v) is 7.18. The number of rotatable bonds is 2. The van der Waals surface area contributed by atoms with Gasteiger partial charge in [-0.3, -0.25) is 4.79 Å². The molecule has 2 heterocycles. The fourth-order valence-electron chi connectivity index (χ4n) is 4.40. The van der Waals surface area contributed by atoms with E-state index in [2.05, 4.69) is 46.2 Å². The Bertz CT molecular complexity index is 747. The Morgan fingerprint density at radius 3 is 1.42 bits per heavy atom. The second kappa shape index (κ2) is 5.37. The average Bonchev–Trinajstić information content (AvgIpc) is 3.36. The molecule has 2 aromatic carbocycles. The molecule has 1 aliphatic carbocycles. The molecular formula is C21H22N2O. The molecule has 0 radical (unpaired) electrons. The number of hydrogen-bond acceptors (Lipinski definition) is 3. The highest BCUT2D eigenvalue weighted by atomic mass is 16.1. The van der Waals surface area contributed by atoms with E-state index in [-0.39, 0.29) is 5.78 Å². The molecule has 0 unspecified atom stereocenters. The van der Waals surface area contributed by atoms with Gasteiger partial charge in [-0.1, -0.05) is 12.1 Å². The van der Waals surface area contributed by atoms with Gasteiger partial charge in [0.15, 0.2) is 5.78 Å². The minimum Gasteiger partial charge on any atom is -0.372 e. The lowest BCUT2D eigenvalue weighted by Crippen LogP contribution is -2.18. The van der Waals surface area contributed by atoms with Crippen LogP contribution in [-0.2, 0) is 0 Å². The number of anilines is 2. The average molecular weight is 318 g/mol. The molecule has 0 N–H and O–H groups in total. The van der Waals surface area contributed by atoms with Gasteiger partial charge in [0.2, 0.25) is 0 Å². The predicted molar refractivity (Wildman–Crippen MR) is 98.2 cm³/mol. The van der Waals surface area contributed by atoms with Gasteiger partial charge in [0.05, 0.1) is 0 Å². The first kappa shape index (κ1) is 14.1. The Morgan fingerprint density at radius 1 is 0.583 bits per heavy atom. The van der Waals surface area contributed by atoms with E-state index in [1.54, 1.807) is 0 Å². The van der Waals surface area contributed by atoms with Crippen LogP contribution in [0.3, 0.4) is 0 Å². The lowest BCUT2D eigenvalue weighted by Gasteiger charge is -2.18. The maximum atomic E-state index is 13.0. The van der Waals surface area contributed by atoms with Gasteiger partial charge in [0.25, 0.3) is 0 Å². The van der Waals surface area contributed by atoms with Crippen molar-refractivity contribution < 1.29 is 4.79 Å². The van der Waals surface area contributed by atoms with Crippen LogP contribution in [0.4, 0.5) is 11.4 Å². The molecule has 122 valence electrons. The van der Waals surface area contributed by atoms with E-state index in [0.29, 0.717) is 0 Å². The lowest BCUT2D eigenvalue weighted by molar-refractivity contribution is 0.104. The van der Waals surface area contributed by atoms with E-state index < -0.39 is 0 Å². The van der Waals surface area contributed by atoms with Gasteiger partial charge in [-0.05, 0) is 61.1 Å². The Labute approximate surface area is 142 Å². The van der Waals surface area contributed by atoms with Gasteiger partial charge in [0.1, 0.15) is 0 Å². The van der Waals surface area contributed by atoms with Crippen LogP contribution in [0, 0.1) is 0 Å². The first-order valence-corrected chi connectivity index (χ1v) is 9.14. The van der Waals surface area contributed by atoms with Crippen LogP contribution in [0.15, 0.2) is 36.4 Å². The molecule has 3 heteroatoms. The summed E-state index contributed by atoms with van der Waals surface area (Å²) < 4.78 is 0. The normalized spacial score (nSPS) is 19.1. The lowest BCUT2D eigenvalue weighted by atomic mass is 10.0. The van der Waals surface area contributed by atoms with Crippen LogP contribution in [0.5, 0.6) is 0 Å². The highest BCUT2D eigenvalue weighted by molar-refractivity contribution is 6.22. The molecule has 2 fully saturated rings. The van der Waals surface area contributed by atoms with Crippen LogP contribution in [0.1, 0.15) is 41.6 Å². The van der Waals surface area contributed by atoms with E-state index in [0.717, 1.165) is 48.4 Å². The summed E-state index contributed by atoms with van der Waals surface area (Å²) in [7, 11) is 0. The van der Waals surface area contributed by atoms with Crippen molar-refractivity contribution in [3.63, 3.8) is 0 Å². The quantitative estimate of drug-likeness (QED) is 0.711. The van der Waals surface area contributed by atoms with Crippen LogP contribution in [0.2, 0.25) is 0 Å². The van der Waals surface area contributed by atoms with Crippen LogP contribution < -0.4 is 9.80 Å². The second-order valence-electron chi connectivity index (χ2n) is 7.18. The van der Waals surface area contributed by atoms with E-state index >= 15 is 0 Å². The maximum absolute atomic E-state index is 13.0. The standard InChI is InChI=1S/C21H22N2O/c24-21-19-13-15(22-9-1-2-10-22)5-7-17(19)18-8-6-16(14-20(18)21)23-11-3-4-12-23/h5-8,13-14H,1-4,9-12H2. The summed E-state index contributed by atoms with van der Waals surface area (Å²) >= 11 is 0. The minimum atomic E-state index is 0.196. The number of fused-ring (bicyclic) bond motifs is 3. The zero-order valence-corrected chi connectivity index (χ0v) is 13.9. The molecule has 0 bridgehead atoms. The summed E-state index contributed by atoms with van der Waals surface area (Å²) in [4.78, 5) is 17.8. The monoisotopic (exact) mass is 318 g/mol. The summed E-state index contributed by atoms with van der Waals surface area (Å²) in [5.74, 6) is 0.196. The number of carbonyl (C=O) groups is 1. The van der Waals surface area contributed by atoms with E-state index in [1.807, 2.05) is 0 Å². The Balaban J connectivity index is 1.54. The summed E-state index contributed by atoms with van der Waals surface area (Å²) in [6.07, 6.45) is 5.02. The molecule has 3 nitrogen and oxygen atoms in total. The van der Waals surface area contributed by atoms with Crippen LogP contribution >= 0.6 is 0 Å². The third-order valence-corrected chi connectivity index (χ3v) is 5.73. The zero-order valence-electron chi connectivity index (χ0n) is 13.9. The molecule has 5 rings (SSSR count). The smallest absolute Gasteiger partial charge is 0.194 e. The molecule has 3 aliphatic rings. The molecular weight excluding hydrogens is 296 g/mol. The van der Waals surface area contributed by atoms with Crippen molar-refractivity contribution in [2.24, 2.45) is 0 Å². The Morgan fingerprint density at radius 2 is 1.00 bits per heavy atom. The fraction of sp³-hybridized carbons (Fsp3) is 0.381. The van der Waals surface area contributed by atoms with Crippen molar-refractivity contribution in [3.05, 3.63) is 47.5 Å². The van der Waals surface area contributed by atoms with Crippen molar-refractivity contribution in [2.45, 2.75) is 25.7 Å². The van der Waals surface area contributed by atoms with Gasteiger partial charge in [0, 0.05) is 48.7 Å². The number of benzene rings is 2. The topological polar surface area (TPSA) is 23.6 Å². The van der Waals surface area contributed by atoms with Gasteiger partial charge in [-0.2, -0.15) is 0 Å². The summed E-state index contributed by atoms with van der Waals surface area (Å²) in [6, 6.07) is 12.9. The molecule has 2 saturated heterocycles. The molecule has 24 heavy (non-hydrogen) atoms. The number of nitrogens with zero attached hydrogens (tertiary/aromatic N) is 2. The van der Waals surface area contributed by atoms with Crippen molar-refractivity contribution >= 4 is 17.2 Å². The van der Waals surface area contributed by atoms with Crippen LogP contribution in [0.25, 0.3) is 11.1 Å². The largest absolute Gasteiger partial charge is 0.372 e. The van der Waals surface area contributed by atoms with Gasteiger partial charge in [-0.25, -0.2) is 0 Å². The molecule has 2 aromatic rings. The van der Waals surface area contributed by atoms with Gasteiger partial charge < -0.3 is 9.80 Å². The Hall–Kier alpha value is -2.29. The van der Waals surface area contributed by atoms with E-state index in [1.165, 1.54) is 37.1 Å². The van der Waals surface area contributed by atoms with Crippen molar-refractivity contribution in [2.75, 3.05) is 36.0 Å².